The fourth-order valence-corrected chi connectivity index (χ4v) is 2.75. The van der Waals surface area contributed by atoms with Crippen molar-refractivity contribution < 1.29 is 51.2 Å². The molecule has 34 heavy (non-hydrogen) atoms. The van der Waals surface area contributed by atoms with E-state index in [2.05, 4.69) is 5.32 Å². The molecule has 0 aliphatic carbocycles. The Labute approximate surface area is 193 Å². The third-order valence-electron chi connectivity index (χ3n) is 4.39. The summed E-state index contributed by atoms with van der Waals surface area (Å²) in [7, 11) is 5.53. The van der Waals surface area contributed by atoms with E-state index >= 15 is 0 Å². The topological polar surface area (TPSA) is 102 Å². The van der Waals surface area contributed by atoms with Crippen molar-refractivity contribution in [2.45, 2.75) is 6.18 Å². The van der Waals surface area contributed by atoms with Gasteiger partial charge in [-0.05, 0) is 18.2 Å². The van der Waals surface area contributed by atoms with Gasteiger partial charge in [0.2, 0.25) is 0 Å². The largest absolute Gasteiger partial charge is 0.496 e. The van der Waals surface area contributed by atoms with Crippen molar-refractivity contribution in [3.05, 3.63) is 41.5 Å². The molecule has 0 heterocycles. The first kappa shape index (κ1) is 26.6. The van der Waals surface area contributed by atoms with Crippen molar-refractivity contribution in [3.63, 3.8) is 0 Å². The standard InChI is InChI=1S/C22H24F3NO8/c1-29-7-8-33-16-6-5-13(22(23,24)25)9-15(16)26-20(27)12-34-21(28)14-10-18(31-3)19(32-4)11-17(14)30-2/h5-6,9-11H,7-8,12H2,1-4H3,(H,26,27). The smallest absolute Gasteiger partial charge is 0.416 e. The molecule has 0 unspecified atom stereocenters. The summed E-state index contributed by atoms with van der Waals surface area (Å²) in [4.78, 5) is 24.9. The Hall–Kier alpha value is -3.67. The number of carbonyl (C=O) groups excluding carboxylic acids is 2. The number of amides is 1. The van der Waals surface area contributed by atoms with Crippen LogP contribution in [0.1, 0.15) is 15.9 Å². The number of anilines is 1. The Morgan fingerprint density at radius 3 is 2.09 bits per heavy atom. The Morgan fingerprint density at radius 2 is 1.50 bits per heavy atom. The molecule has 0 aliphatic rings. The van der Waals surface area contributed by atoms with Gasteiger partial charge in [-0.1, -0.05) is 0 Å². The van der Waals surface area contributed by atoms with Gasteiger partial charge in [0.05, 0.1) is 39.2 Å². The van der Waals surface area contributed by atoms with Crippen molar-refractivity contribution in [3.8, 4) is 23.0 Å². The van der Waals surface area contributed by atoms with Crippen LogP contribution in [0.25, 0.3) is 0 Å². The highest BCUT2D eigenvalue weighted by Gasteiger charge is 2.31. The van der Waals surface area contributed by atoms with E-state index in [0.29, 0.717) is 5.75 Å². The molecule has 2 aromatic carbocycles. The van der Waals surface area contributed by atoms with E-state index in [1.165, 1.54) is 40.6 Å². The Morgan fingerprint density at radius 1 is 0.853 bits per heavy atom. The summed E-state index contributed by atoms with van der Waals surface area (Å²) in [6, 6.07) is 5.34. The van der Waals surface area contributed by atoms with E-state index in [9.17, 15) is 22.8 Å². The van der Waals surface area contributed by atoms with Crippen LogP contribution in [0.5, 0.6) is 23.0 Å². The molecule has 12 heteroatoms. The molecule has 2 rings (SSSR count). The normalized spacial score (nSPS) is 10.9. The van der Waals surface area contributed by atoms with Crippen molar-refractivity contribution in [1.29, 1.82) is 0 Å². The van der Waals surface area contributed by atoms with Gasteiger partial charge in [-0.25, -0.2) is 4.79 Å². The molecule has 0 radical (unpaired) electrons. The lowest BCUT2D eigenvalue weighted by molar-refractivity contribution is -0.137. The van der Waals surface area contributed by atoms with Crippen LogP contribution in [0.15, 0.2) is 30.3 Å². The van der Waals surface area contributed by atoms with Crippen molar-refractivity contribution in [2.24, 2.45) is 0 Å². The molecule has 186 valence electrons. The lowest BCUT2D eigenvalue weighted by Crippen LogP contribution is -2.22. The molecular formula is C22H24F3NO8. The molecule has 0 aromatic heterocycles. The number of hydrogen-bond donors (Lipinski definition) is 1. The molecule has 1 N–H and O–H groups in total. The molecule has 1 amide bonds. The van der Waals surface area contributed by atoms with Crippen LogP contribution >= 0.6 is 0 Å². The minimum atomic E-state index is -4.64. The number of ether oxygens (including phenoxy) is 6. The van der Waals surface area contributed by atoms with Gasteiger partial charge in [0, 0.05) is 19.2 Å². The number of benzene rings is 2. The maximum atomic E-state index is 13.1. The second kappa shape index (κ2) is 12.0. The predicted octanol–water partition coefficient (Wildman–Crippen LogP) is 3.55. The second-order valence-electron chi connectivity index (χ2n) is 6.58. The van der Waals surface area contributed by atoms with Crippen LogP contribution in [0.3, 0.4) is 0 Å². The number of alkyl halides is 3. The van der Waals surface area contributed by atoms with E-state index in [1.807, 2.05) is 0 Å². The lowest BCUT2D eigenvalue weighted by atomic mass is 10.1. The number of carbonyl (C=O) groups is 2. The second-order valence-corrected chi connectivity index (χ2v) is 6.58. The third kappa shape index (κ3) is 6.91. The summed E-state index contributed by atoms with van der Waals surface area (Å²) in [6.07, 6.45) is -4.64. The van der Waals surface area contributed by atoms with Crippen LogP contribution in [-0.2, 0) is 20.4 Å². The van der Waals surface area contributed by atoms with E-state index < -0.39 is 30.2 Å². The van der Waals surface area contributed by atoms with Crippen LogP contribution in [0, 0.1) is 0 Å². The van der Waals surface area contributed by atoms with Crippen molar-refractivity contribution in [1.82, 2.24) is 0 Å². The zero-order valence-electron chi connectivity index (χ0n) is 18.9. The van der Waals surface area contributed by atoms with Gasteiger partial charge in [-0.15, -0.1) is 0 Å². The summed E-state index contributed by atoms with van der Waals surface area (Å²) in [5, 5.41) is 2.27. The van der Waals surface area contributed by atoms with Gasteiger partial charge in [-0.2, -0.15) is 13.2 Å². The first-order chi connectivity index (χ1) is 16.1. The quantitative estimate of drug-likeness (QED) is 0.379. The minimum Gasteiger partial charge on any atom is -0.496 e. The minimum absolute atomic E-state index is 0.00807. The molecule has 0 bridgehead atoms. The van der Waals surface area contributed by atoms with Crippen molar-refractivity contribution >= 4 is 17.6 Å². The molecule has 0 atom stereocenters. The summed E-state index contributed by atoms with van der Waals surface area (Å²) >= 11 is 0. The van der Waals surface area contributed by atoms with E-state index in [1.54, 1.807) is 0 Å². The zero-order valence-corrected chi connectivity index (χ0v) is 18.9. The zero-order chi connectivity index (χ0) is 25.3. The van der Waals surface area contributed by atoms with Crippen molar-refractivity contribution in [2.75, 3.05) is 53.6 Å². The van der Waals surface area contributed by atoms with Crippen LogP contribution in [0.2, 0.25) is 0 Å². The van der Waals surface area contributed by atoms with Gasteiger partial charge in [-0.3, -0.25) is 4.79 Å². The van der Waals surface area contributed by atoms with E-state index in [-0.39, 0.29) is 41.7 Å². The predicted molar refractivity (Wildman–Crippen MR) is 114 cm³/mol. The summed E-state index contributed by atoms with van der Waals surface area (Å²) in [5.74, 6) is -1.18. The molecule has 2 aromatic rings. The Balaban J connectivity index is 2.16. The molecule has 0 saturated heterocycles. The SMILES string of the molecule is COCCOc1ccc(C(F)(F)F)cc1NC(=O)COC(=O)c1cc(OC)c(OC)cc1OC. The molecule has 0 fully saturated rings. The van der Waals surface area contributed by atoms with Gasteiger partial charge < -0.3 is 33.7 Å². The fourth-order valence-electron chi connectivity index (χ4n) is 2.75. The van der Waals surface area contributed by atoms with E-state index in [4.69, 9.17) is 28.4 Å². The van der Waals surface area contributed by atoms with Gasteiger partial charge in [0.25, 0.3) is 5.91 Å². The highest BCUT2D eigenvalue weighted by Crippen LogP contribution is 2.36. The average molecular weight is 487 g/mol. The summed E-state index contributed by atoms with van der Waals surface area (Å²) < 4.78 is 69.9. The molecule has 0 aliphatic heterocycles. The van der Waals surface area contributed by atoms with Crippen LogP contribution in [-0.4, -0.2) is 60.1 Å². The molecule has 0 saturated carbocycles. The Bertz CT molecular complexity index is 1010. The lowest BCUT2D eigenvalue weighted by Gasteiger charge is -2.16. The number of hydrogen-bond acceptors (Lipinski definition) is 8. The number of esters is 1. The van der Waals surface area contributed by atoms with E-state index in [0.717, 1.165) is 18.2 Å². The number of rotatable bonds is 11. The summed E-state index contributed by atoms with van der Waals surface area (Å²) in [6.45, 7) is -0.567. The maximum Gasteiger partial charge on any atom is 0.416 e. The molecule has 0 spiro atoms. The first-order valence-corrected chi connectivity index (χ1v) is 9.74. The first-order valence-electron chi connectivity index (χ1n) is 9.74. The summed E-state index contributed by atoms with van der Waals surface area (Å²) in [5.41, 5.74) is -1.28. The van der Waals surface area contributed by atoms with Gasteiger partial charge >= 0.3 is 12.1 Å². The van der Waals surface area contributed by atoms with Gasteiger partial charge in [0.15, 0.2) is 18.1 Å². The number of methoxy groups -OCH3 is 4. The molecule has 9 nitrogen and oxygen atoms in total. The highest BCUT2D eigenvalue weighted by atomic mass is 19.4. The Kier molecular flexibility index (Phi) is 9.36. The molecular weight excluding hydrogens is 463 g/mol. The highest BCUT2D eigenvalue weighted by molar-refractivity contribution is 5.98. The fraction of sp³-hybridized carbons (Fsp3) is 0.364. The third-order valence-corrected chi connectivity index (χ3v) is 4.39. The monoisotopic (exact) mass is 487 g/mol. The van der Waals surface area contributed by atoms with Crippen LogP contribution < -0.4 is 24.3 Å². The number of halogens is 3. The average Bonchev–Trinajstić information content (AvgIpc) is 2.81. The number of nitrogens with one attached hydrogen (secondary N) is 1. The maximum absolute atomic E-state index is 13.1. The van der Waals surface area contributed by atoms with Crippen LogP contribution in [0.4, 0.5) is 18.9 Å². The van der Waals surface area contributed by atoms with Gasteiger partial charge in [0.1, 0.15) is 23.7 Å².